The van der Waals surface area contributed by atoms with Crippen molar-refractivity contribution < 1.29 is 62.5 Å². The van der Waals surface area contributed by atoms with Crippen LogP contribution in [0.5, 0.6) is 0 Å². The molecular formula is C78H91F8N7+6. The second kappa shape index (κ2) is 28.8. The summed E-state index contributed by atoms with van der Waals surface area (Å²) >= 11 is 0. The highest BCUT2D eigenvalue weighted by molar-refractivity contribution is 5.82. The van der Waals surface area contributed by atoms with Crippen molar-refractivity contribution >= 4 is 5.69 Å². The monoisotopic (exact) mass is 1280 g/mol. The molecule has 3 aromatic carbocycles. The molecule has 0 atom stereocenters. The van der Waals surface area contributed by atoms with Crippen molar-refractivity contribution in [3.05, 3.63) is 218 Å². The lowest BCUT2D eigenvalue weighted by Gasteiger charge is -2.22. The Hall–Kier alpha value is -8.51. The van der Waals surface area contributed by atoms with Gasteiger partial charge >= 0.3 is 12.4 Å². The number of rotatable bonds is 12. The van der Waals surface area contributed by atoms with E-state index in [4.69, 9.17) is 6.57 Å². The lowest BCUT2D eigenvalue weighted by molar-refractivity contribution is -0.661. The van der Waals surface area contributed by atoms with E-state index in [9.17, 15) is 26.3 Å². The van der Waals surface area contributed by atoms with Gasteiger partial charge in [-0.2, -0.15) is 26.3 Å². The third kappa shape index (κ3) is 15.4. The molecule has 9 rings (SSSR count). The Morgan fingerprint density at radius 2 is 0.624 bits per heavy atom. The molecule has 6 aromatic heterocycles. The Balaban J connectivity index is 0.000000199. The molecule has 0 aliphatic rings. The molecule has 0 amide bonds. The average molecular weight is 1280 g/mol. The van der Waals surface area contributed by atoms with E-state index in [1.165, 1.54) is 55.3 Å². The molecule has 6 heterocycles. The molecule has 0 fully saturated rings. The maximum atomic E-state index is 15.5. The van der Waals surface area contributed by atoms with Gasteiger partial charge in [-0.15, -0.1) is 0 Å². The highest BCUT2D eigenvalue weighted by atomic mass is 19.4. The van der Waals surface area contributed by atoms with Crippen molar-refractivity contribution in [2.75, 3.05) is 0 Å². The lowest BCUT2D eigenvalue weighted by Crippen LogP contribution is -2.34. The van der Waals surface area contributed by atoms with E-state index in [0.717, 1.165) is 22.3 Å². The van der Waals surface area contributed by atoms with Gasteiger partial charge in [0, 0.05) is 82.9 Å². The molecule has 0 saturated heterocycles. The molecule has 0 unspecified atom stereocenters. The minimum absolute atomic E-state index is 0.0269. The van der Waals surface area contributed by atoms with Crippen LogP contribution in [0.3, 0.4) is 0 Å². The second-order valence-electron chi connectivity index (χ2n) is 26.5. The van der Waals surface area contributed by atoms with Crippen LogP contribution in [0.1, 0.15) is 180 Å². The van der Waals surface area contributed by atoms with Gasteiger partial charge in [-0.05, 0) is 126 Å². The van der Waals surface area contributed by atoms with E-state index in [-0.39, 0.29) is 68.9 Å². The van der Waals surface area contributed by atoms with Crippen LogP contribution in [0.4, 0.5) is 40.8 Å². The lowest BCUT2D eigenvalue weighted by atomic mass is 9.86. The zero-order valence-corrected chi connectivity index (χ0v) is 57.8. The zero-order valence-electron chi connectivity index (χ0n) is 57.8. The number of hydrogen-bond donors (Lipinski definition) is 0. The Kier molecular flexibility index (Phi) is 22.3. The summed E-state index contributed by atoms with van der Waals surface area (Å²) in [5, 5.41) is 0. The predicted octanol–water partition coefficient (Wildman–Crippen LogP) is 18.5. The molecule has 0 aliphatic heterocycles. The Morgan fingerprint density at radius 3 is 0.882 bits per heavy atom. The van der Waals surface area contributed by atoms with E-state index in [2.05, 4.69) is 145 Å². The summed E-state index contributed by atoms with van der Waals surface area (Å²) in [5.74, 6) is 0.0134. The first-order valence-corrected chi connectivity index (χ1v) is 31.7. The first-order chi connectivity index (χ1) is 43.4. The summed E-state index contributed by atoms with van der Waals surface area (Å²) in [5.41, 5.74) is 11.7. The smallest absolute Gasteiger partial charge is 0.232 e. The third-order valence-corrected chi connectivity index (χ3v) is 17.8. The summed E-state index contributed by atoms with van der Waals surface area (Å²) in [7, 11) is 11.1. The number of hydrogen-bond acceptors (Lipinski definition) is 0. The van der Waals surface area contributed by atoms with Crippen LogP contribution in [0.2, 0.25) is 0 Å². The maximum Gasteiger partial charge on any atom is 0.417 e. The van der Waals surface area contributed by atoms with Crippen LogP contribution in [-0.4, -0.2) is 0 Å². The summed E-state index contributed by atoms with van der Waals surface area (Å²) in [6.45, 7) is 37.7. The minimum atomic E-state index is -4.98. The number of alkyl halides is 6. The molecule has 0 bridgehead atoms. The molecule has 0 aliphatic carbocycles. The van der Waals surface area contributed by atoms with Gasteiger partial charge in [-0.3, -0.25) is 0 Å². The standard InChI is InChI=1S/C27H30F6N2.C26H29F2N3.C25H32N2/c1-15(2)18-8-10-34(6)22(12-18)24-17(5)25(23-13-19(16(3)4)9-11-35(23)7)21(27(31,32)33)14-20(24)26(28,29)30;1-15(2)18-9-11-30(7)20(13-18)22-17(5)23(25(28)26(29-6)24(22)27)21-14-19(16(3)4)10-12-31(21)8;1-17(2)20-11-13-24(26(6)15-20)22-9-8-10-23(19(22)5)25-14-12-21(18(3)4)16-27(25)7/h8-16H,1-7H3;9-16H,1-5,7-8H3;8-18H,1-7H3/q3*+2. The van der Waals surface area contributed by atoms with Crippen molar-refractivity contribution in [3.8, 4) is 67.5 Å². The molecule has 0 N–H and O–H groups in total. The van der Waals surface area contributed by atoms with E-state index in [0.29, 0.717) is 28.8 Å². The Labute approximate surface area is 545 Å². The molecule has 488 valence electrons. The van der Waals surface area contributed by atoms with Crippen molar-refractivity contribution in [3.63, 3.8) is 0 Å². The first-order valence-electron chi connectivity index (χ1n) is 31.7. The van der Waals surface area contributed by atoms with E-state index >= 15 is 8.78 Å². The fourth-order valence-corrected chi connectivity index (χ4v) is 11.9. The first kappa shape index (κ1) is 71.9. The molecule has 93 heavy (non-hydrogen) atoms. The van der Waals surface area contributed by atoms with Gasteiger partial charge in [0.15, 0.2) is 37.2 Å². The van der Waals surface area contributed by atoms with Gasteiger partial charge in [-0.1, -0.05) is 89.2 Å². The van der Waals surface area contributed by atoms with Crippen molar-refractivity contribution in [2.45, 2.75) is 152 Å². The van der Waals surface area contributed by atoms with E-state index < -0.39 is 40.8 Å². The van der Waals surface area contributed by atoms with Gasteiger partial charge in [0.2, 0.25) is 34.2 Å². The SMILES string of the molecule is Cc1c(-c2cc(C(C)C)cc[n+]2C)c(C(F)(F)F)cc(C(F)(F)F)c1-c1cc(C(C)C)cc[n+]1C.Cc1c(-c2ccc(C(C)C)c[n+]2C)cccc1-c1ccc(C(C)C)c[n+]1C.[C-]#[N+]c1c(F)c(-c2cc(C(C)C)cc[n+]2C)c(C)c(-c2cc(C(C)C)cc[n+]2C)c1F. The summed E-state index contributed by atoms with van der Waals surface area (Å²) in [6, 6.07) is 30.6. The highest BCUT2D eigenvalue weighted by Gasteiger charge is 2.45. The van der Waals surface area contributed by atoms with Gasteiger partial charge in [0.05, 0.1) is 40.0 Å². The molecule has 0 radical (unpaired) electrons. The minimum Gasteiger partial charge on any atom is -0.232 e. The van der Waals surface area contributed by atoms with Crippen molar-refractivity contribution in [2.24, 2.45) is 42.3 Å². The van der Waals surface area contributed by atoms with Gasteiger partial charge < -0.3 is 0 Å². The molecule has 0 spiro atoms. The Bertz CT molecular complexity index is 4040. The Morgan fingerprint density at radius 1 is 0.344 bits per heavy atom. The molecule has 7 nitrogen and oxygen atoms in total. The molecular weight excluding hydrogens is 1190 g/mol. The van der Waals surface area contributed by atoms with Crippen LogP contribution >= 0.6 is 0 Å². The number of aromatic nitrogens is 6. The summed E-state index contributed by atoms with van der Waals surface area (Å²) in [4.78, 5) is 3.24. The molecule has 15 heteroatoms. The number of halogens is 8. The summed E-state index contributed by atoms with van der Waals surface area (Å²) in [6.07, 6.45) is 1.57. The van der Waals surface area contributed by atoms with E-state index in [1.54, 1.807) is 57.7 Å². The predicted molar refractivity (Wildman–Crippen MR) is 354 cm³/mol. The second-order valence-corrected chi connectivity index (χ2v) is 26.5. The number of nitrogens with zero attached hydrogens (tertiary/aromatic N) is 7. The quantitative estimate of drug-likeness (QED) is 0.0662. The van der Waals surface area contributed by atoms with Gasteiger partial charge in [0.25, 0.3) is 5.69 Å². The van der Waals surface area contributed by atoms with Crippen LogP contribution in [0.15, 0.2) is 134 Å². The van der Waals surface area contributed by atoms with Crippen LogP contribution in [0, 0.1) is 39.0 Å². The fraction of sp³-hybridized carbons (Fsp3) is 0.372. The topological polar surface area (TPSA) is 27.6 Å². The summed E-state index contributed by atoms with van der Waals surface area (Å²) < 4.78 is 128. The third-order valence-electron chi connectivity index (χ3n) is 17.8. The van der Waals surface area contributed by atoms with Crippen LogP contribution in [0.25, 0.3) is 72.4 Å². The largest absolute Gasteiger partial charge is 0.417 e. The van der Waals surface area contributed by atoms with Gasteiger partial charge in [0.1, 0.15) is 53.9 Å². The fourth-order valence-electron chi connectivity index (χ4n) is 11.9. The highest BCUT2D eigenvalue weighted by Crippen LogP contribution is 2.48. The maximum absolute atomic E-state index is 15.5. The number of pyridine rings is 6. The number of aryl methyl sites for hydroxylation is 6. The van der Waals surface area contributed by atoms with Gasteiger partial charge in [-0.25, -0.2) is 41.0 Å². The normalized spacial score (nSPS) is 11.8. The van der Waals surface area contributed by atoms with Crippen LogP contribution in [-0.2, 0) is 54.6 Å². The zero-order chi connectivity index (χ0) is 69.2. The molecule has 9 aromatic rings. The number of benzene rings is 3. The van der Waals surface area contributed by atoms with Crippen LogP contribution < -0.4 is 27.4 Å². The van der Waals surface area contributed by atoms with E-state index in [1.807, 2.05) is 87.6 Å². The van der Waals surface area contributed by atoms with Crippen molar-refractivity contribution in [1.82, 2.24) is 0 Å². The van der Waals surface area contributed by atoms with Crippen molar-refractivity contribution in [1.29, 1.82) is 0 Å². The molecule has 0 saturated carbocycles. The average Bonchev–Trinajstić information content (AvgIpc) is 0.747.